The zero-order valence-electron chi connectivity index (χ0n) is 22.8. The molecule has 33 heavy (non-hydrogen) atoms. The first-order chi connectivity index (χ1) is 15.8. The van der Waals surface area contributed by atoms with E-state index in [9.17, 15) is 9.59 Å². The van der Waals surface area contributed by atoms with Crippen molar-refractivity contribution in [1.82, 2.24) is 5.32 Å². The zero-order valence-corrected chi connectivity index (χ0v) is 24.4. The second-order valence-electron chi connectivity index (χ2n) is 9.77. The van der Waals surface area contributed by atoms with Gasteiger partial charge in [0.25, 0.3) is 0 Å². The van der Waals surface area contributed by atoms with Gasteiger partial charge in [0.15, 0.2) is 0 Å². The van der Waals surface area contributed by atoms with Crippen molar-refractivity contribution in [3.8, 4) is 0 Å². The number of hydrogen-bond acceptors (Lipinski definition) is 2. The van der Waals surface area contributed by atoms with Gasteiger partial charge < -0.3 is 5.73 Å². The van der Waals surface area contributed by atoms with E-state index in [0.717, 1.165) is 5.92 Å². The highest BCUT2D eigenvalue weighted by Crippen LogP contribution is 2.26. The molecule has 198 valence electrons. The summed E-state index contributed by atoms with van der Waals surface area (Å²) < 4.78 is -0.665. The predicted octanol–water partition coefficient (Wildman–Crippen LogP) is 9.43. The molecule has 4 nitrogen and oxygen atoms in total. The number of carbonyl (C=O) groups excluding carboxylic acids is 2. The third-order valence-corrected chi connectivity index (χ3v) is 8.08. The molecule has 0 aliphatic heterocycles. The summed E-state index contributed by atoms with van der Waals surface area (Å²) in [6.07, 6.45) is 26.1. The molecule has 0 aromatic heterocycles. The minimum absolute atomic E-state index is 0.375. The van der Waals surface area contributed by atoms with Gasteiger partial charge >= 0.3 is 6.03 Å². The lowest BCUT2D eigenvalue weighted by molar-refractivity contribution is -0.122. The highest BCUT2D eigenvalue weighted by molar-refractivity contribution is 9.10. The molecule has 0 rings (SSSR count). The molecule has 1 atom stereocenters. The second kappa shape index (κ2) is 24.5. The van der Waals surface area contributed by atoms with E-state index in [0.29, 0.717) is 12.8 Å². The molecule has 1 unspecified atom stereocenters. The minimum Gasteiger partial charge on any atom is -0.351 e. The third-order valence-electron chi connectivity index (χ3n) is 6.60. The number of nitrogens with two attached hydrogens (primary N) is 1. The Kier molecular flexibility index (Phi) is 25.7. The molecular formula is C28H57BrN2O2. The van der Waals surface area contributed by atoms with Crippen LogP contribution in [0, 0.1) is 5.92 Å². The maximum absolute atomic E-state index is 11.3. The lowest BCUT2D eigenvalue weighted by Gasteiger charge is -2.21. The fraction of sp³-hybridized carbons (Fsp3) is 0.929. The summed E-state index contributed by atoms with van der Waals surface area (Å²) in [4.78, 5) is 21.6. The summed E-state index contributed by atoms with van der Waals surface area (Å²) in [5.41, 5.74) is 4.81. The maximum atomic E-state index is 11.3. The van der Waals surface area contributed by atoms with Gasteiger partial charge in [-0.15, -0.1) is 0 Å². The molecule has 0 radical (unpaired) electrons. The summed E-state index contributed by atoms with van der Waals surface area (Å²) in [5, 5.41) is 2.04. The summed E-state index contributed by atoms with van der Waals surface area (Å²) in [6, 6.07) is -0.814. The SMILES string of the molecule is CCC(Br)(CC)C(=O)NC(N)=O.CCCCCCCCCCCCCCCCC(C)CCC. The molecule has 0 heterocycles. The van der Waals surface area contributed by atoms with E-state index in [1.165, 1.54) is 109 Å². The topological polar surface area (TPSA) is 72.2 Å². The van der Waals surface area contributed by atoms with Crippen LogP contribution in [0.15, 0.2) is 0 Å². The van der Waals surface area contributed by atoms with Crippen molar-refractivity contribution in [2.24, 2.45) is 11.7 Å². The number of imide groups is 1. The van der Waals surface area contributed by atoms with Crippen LogP contribution in [-0.4, -0.2) is 16.3 Å². The molecule has 3 N–H and O–H groups in total. The molecule has 0 bridgehead atoms. The quantitative estimate of drug-likeness (QED) is 0.121. The van der Waals surface area contributed by atoms with Gasteiger partial charge in [0.2, 0.25) is 5.91 Å². The standard InChI is InChI=1S/C21H44.C7H13BrN2O2/c1-4-6-7-8-9-10-11-12-13-14-15-16-17-18-20-21(3)19-5-2;1-3-7(8,4-2)5(11)10-6(9)12/h21H,4-20H2,1-3H3;3-4H2,1-2H3,(H3,9,10,11,12). The van der Waals surface area contributed by atoms with Crippen LogP contribution in [-0.2, 0) is 4.79 Å². The van der Waals surface area contributed by atoms with Gasteiger partial charge in [-0.25, -0.2) is 4.79 Å². The molecule has 0 aromatic carbocycles. The fourth-order valence-corrected chi connectivity index (χ4v) is 4.22. The van der Waals surface area contributed by atoms with Gasteiger partial charge in [-0.2, -0.15) is 0 Å². The van der Waals surface area contributed by atoms with Gasteiger partial charge in [-0.1, -0.05) is 160 Å². The van der Waals surface area contributed by atoms with Crippen molar-refractivity contribution in [2.75, 3.05) is 0 Å². The first-order valence-electron chi connectivity index (χ1n) is 14.1. The molecule has 0 fully saturated rings. The summed E-state index contributed by atoms with van der Waals surface area (Å²) in [7, 11) is 0. The number of alkyl halides is 1. The lowest BCUT2D eigenvalue weighted by atomic mass is 9.98. The monoisotopic (exact) mass is 532 g/mol. The van der Waals surface area contributed by atoms with Gasteiger partial charge in [-0.3, -0.25) is 10.1 Å². The second-order valence-corrected chi connectivity index (χ2v) is 11.3. The van der Waals surface area contributed by atoms with Crippen molar-refractivity contribution in [1.29, 1.82) is 0 Å². The predicted molar refractivity (Wildman–Crippen MR) is 149 cm³/mol. The van der Waals surface area contributed by atoms with Crippen LogP contribution >= 0.6 is 15.9 Å². The van der Waals surface area contributed by atoms with Gasteiger partial charge in [0.05, 0.1) is 0 Å². The first kappa shape index (κ1) is 34.6. The molecule has 0 aliphatic rings. The van der Waals surface area contributed by atoms with Crippen molar-refractivity contribution in [3.05, 3.63) is 0 Å². The Bertz CT molecular complexity index is 453. The molecule has 0 saturated heterocycles. The van der Waals surface area contributed by atoms with Crippen molar-refractivity contribution in [2.45, 2.75) is 161 Å². The Morgan fingerprint density at radius 1 is 0.697 bits per heavy atom. The minimum atomic E-state index is -0.814. The van der Waals surface area contributed by atoms with Gasteiger partial charge in [0, 0.05) is 0 Å². The van der Waals surface area contributed by atoms with E-state index < -0.39 is 10.4 Å². The highest BCUT2D eigenvalue weighted by Gasteiger charge is 2.32. The van der Waals surface area contributed by atoms with Gasteiger partial charge in [0.1, 0.15) is 4.32 Å². The Labute approximate surface area is 215 Å². The van der Waals surface area contributed by atoms with Crippen LogP contribution in [0.4, 0.5) is 4.79 Å². The first-order valence-corrected chi connectivity index (χ1v) is 14.9. The van der Waals surface area contributed by atoms with Crippen LogP contribution in [0.3, 0.4) is 0 Å². The van der Waals surface area contributed by atoms with Crippen molar-refractivity contribution < 1.29 is 9.59 Å². The number of amides is 3. The largest absolute Gasteiger partial charge is 0.351 e. The Morgan fingerprint density at radius 2 is 1.09 bits per heavy atom. The van der Waals surface area contributed by atoms with Gasteiger partial charge in [-0.05, 0) is 18.8 Å². The zero-order chi connectivity index (χ0) is 25.4. The fourth-order valence-electron chi connectivity index (χ4n) is 4.12. The highest BCUT2D eigenvalue weighted by atomic mass is 79.9. The van der Waals surface area contributed by atoms with E-state index in [1.807, 2.05) is 19.2 Å². The molecule has 0 spiro atoms. The molecular weight excluding hydrogens is 476 g/mol. The Hall–Kier alpha value is -0.580. The average Bonchev–Trinajstić information content (AvgIpc) is 2.79. The smallest absolute Gasteiger partial charge is 0.318 e. The third kappa shape index (κ3) is 23.0. The van der Waals surface area contributed by atoms with Crippen molar-refractivity contribution in [3.63, 3.8) is 0 Å². The summed E-state index contributed by atoms with van der Waals surface area (Å²) in [5.74, 6) is 0.590. The van der Waals surface area contributed by atoms with Crippen LogP contribution in [0.5, 0.6) is 0 Å². The number of urea groups is 1. The van der Waals surface area contributed by atoms with Crippen molar-refractivity contribution >= 4 is 27.9 Å². The normalized spacial score (nSPS) is 12.1. The molecule has 3 amide bonds. The molecule has 5 heteroatoms. The van der Waals surface area contributed by atoms with Crippen LogP contribution in [0.25, 0.3) is 0 Å². The maximum Gasteiger partial charge on any atom is 0.318 e. The van der Waals surface area contributed by atoms with Crippen LogP contribution < -0.4 is 11.1 Å². The number of carbonyl (C=O) groups is 2. The number of hydrogen-bond donors (Lipinski definition) is 2. The lowest BCUT2D eigenvalue weighted by Crippen LogP contribution is -2.46. The number of primary amides is 1. The van der Waals surface area contributed by atoms with Crippen LogP contribution in [0.1, 0.15) is 157 Å². The number of unbranched alkanes of at least 4 members (excludes halogenated alkanes) is 13. The number of rotatable bonds is 20. The number of halogens is 1. The average molecular weight is 534 g/mol. The molecule has 0 aliphatic carbocycles. The summed E-state index contributed by atoms with van der Waals surface area (Å²) in [6.45, 7) is 10.7. The Balaban J connectivity index is 0. The number of nitrogens with one attached hydrogen (secondary N) is 1. The van der Waals surface area contributed by atoms with E-state index >= 15 is 0 Å². The van der Waals surface area contributed by atoms with E-state index in [4.69, 9.17) is 5.73 Å². The Morgan fingerprint density at radius 3 is 1.42 bits per heavy atom. The molecule has 0 saturated carbocycles. The summed E-state index contributed by atoms with van der Waals surface area (Å²) >= 11 is 3.26. The van der Waals surface area contributed by atoms with E-state index in [-0.39, 0.29) is 5.91 Å². The molecule has 0 aromatic rings. The van der Waals surface area contributed by atoms with E-state index in [2.05, 4.69) is 36.7 Å². The van der Waals surface area contributed by atoms with E-state index in [1.54, 1.807) is 0 Å². The van der Waals surface area contributed by atoms with Crippen LogP contribution in [0.2, 0.25) is 0 Å².